The Bertz CT molecular complexity index is 552. The summed E-state index contributed by atoms with van der Waals surface area (Å²) in [5, 5.41) is 0.692. The fraction of sp³-hybridized carbons (Fsp3) is 0.200. The third kappa shape index (κ3) is 3.40. The summed E-state index contributed by atoms with van der Waals surface area (Å²) in [7, 11) is 0. The van der Waals surface area contributed by atoms with Crippen molar-refractivity contribution in [3.8, 4) is 0 Å². The summed E-state index contributed by atoms with van der Waals surface area (Å²) in [6.45, 7) is 2.11. The van der Waals surface area contributed by atoms with Gasteiger partial charge in [0.2, 0.25) is 0 Å². The van der Waals surface area contributed by atoms with Gasteiger partial charge in [0.25, 0.3) is 0 Å². The average molecular weight is 391 g/mol. The molecule has 0 N–H and O–H groups in total. The van der Waals surface area contributed by atoms with E-state index < -0.39 is 0 Å². The van der Waals surface area contributed by atoms with Crippen molar-refractivity contribution in [1.82, 2.24) is 0 Å². The SMILES string of the molecule is Cc1ccccc1CC(Cl)c1cc(Cl)ccc1I. The number of halogens is 3. The van der Waals surface area contributed by atoms with Gasteiger partial charge in [-0.05, 0) is 70.8 Å². The molecule has 1 atom stereocenters. The average Bonchev–Trinajstić information content (AvgIpc) is 2.35. The lowest BCUT2D eigenvalue weighted by atomic mass is 10.0. The molecule has 0 bridgehead atoms. The Morgan fingerprint density at radius 3 is 2.61 bits per heavy atom. The normalized spacial score (nSPS) is 12.4. The van der Waals surface area contributed by atoms with Gasteiger partial charge in [0.1, 0.15) is 0 Å². The van der Waals surface area contributed by atoms with Gasteiger partial charge < -0.3 is 0 Å². The molecule has 2 rings (SSSR count). The zero-order chi connectivity index (χ0) is 13.1. The first-order valence-electron chi connectivity index (χ1n) is 5.71. The largest absolute Gasteiger partial charge is 0.117 e. The molecule has 0 saturated carbocycles. The minimum absolute atomic E-state index is 0.0447. The van der Waals surface area contributed by atoms with Crippen molar-refractivity contribution in [2.75, 3.05) is 0 Å². The van der Waals surface area contributed by atoms with Crippen LogP contribution in [-0.4, -0.2) is 0 Å². The second kappa shape index (κ2) is 6.27. The van der Waals surface area contributed by atoms with Gasteiger partial charge in [-0.1, -0.05) is 35.9 Å². The summed E-state index contributed by atoms with van der Waals surface area (Å²) in [6, 6.07) is 14.2. The van der Waals surface area contributed by atoms with Crippen molar-refractivity contribution in [2.45, 2.75) is 18.7 Å². The van der Waals surface area contributed by atoms with Crippen LogP contribution in [0, 0.1) is 10.5 Å². The van der Waals surface area contributed by atoms with Crippen molar-refractivity contribution in [1.29, 1.82) is 0 Å². The van der Waals surface area contributed by atoms with Crippen LogP contribution in [0.1, 0.15) is 22.1 Å². The van der Waals surface area contributed by atoms with Crippen LogP contribution in [0.2, 0.25) is 5.02 Å². The number of hydrogen-bond acceptors (Lipinski definition) is 0. The minimum atomic E-state index is -0.0447. The van der Waals surface area contributed by atoms with Gasteiger partial charge in [0, 0.05) is 8.59 Å². The zero-order valence-electron chi connectivity index (χ0n) is 9.96. The molecule has 2 aromatic rings. The summed E-state index contributed by atoms with van der Waals surface area (Å²) in [5.74, 6) is 0. The fourth-order valence-electron chi connectivity index (χ4n) is 1.90. The maximum Gasteiger partial charge on any atom is 0.0636 e. The van der Waals surface area contributed by atoms with Crippen LogP contribution in [0.3, 0.4) is 0 Å². The molecule has 0 amide bonds. The highest BCUT2D eigenvalue weighted by atomic mass is 127. The number of benzene rings is 2. The van der Waals surface area contributed by atoms with Crippen molar-refractivity contribution < 1.29 is 0 Å². The van der Waals surface area contributed by atoms with E-state index in [9.17, 15) is 0 Å². The number of aryl methyl sites for hydroxylation is 1. The van der Waals surface area contributed by atoms with Crippen molar-refractivity contribution >= 4 is 45.8 Å². The maximum atomic E-state index is 6.53. The number of hydrogen-bond donors (Lipinski definition) is 0. The lowest BCUT2D eigenvalue weighted by Crippen LogP contribution is -2.00. The third-order valence-corrected chi connectivity index (χ3v) is 4.56. The Kier molecular flexibility index (Phi) is 4.93. The van der Waals surface area contributed by atoms with E-state index in [1.807, 2.05) is 24.3 Å². The van der Waals surface area contributed by atoms with Gasteiger partial charge in [0.15, 0.2) is 0 Å². The first-order valence-corrected chi connectivity index (χ1v) is 7.61. The Balaban J connectivity index is 2.25. The van der Waals surface area contributed by atoms with E-state index in [1.165, 1.54) is 11.1 Å². The van der Waals surface area contributed by atoms with E-state index in [4.69, 9.17) is 23.2 Å². The maximum absolute atomic E-state index is 6.53. The summed E-state index contributed by atoms with van der Waals surface area (Å²) < 4.78 is 1.16. The van der Waals surface area contributed by atoms with Gasteiger partial charge >= 0.3 is 0 Å². The molecule has 0 aliphatic rings. The highest BCUT2D eigenvalue weighted by Crippen LogP contribution is 2.31. The minimum Gasteiger partial charge on any atom is -0.117 e. The van der Waals surface area contributed by atoms with Crippen LogP contribution in [0.25, 0.3) is 0 Å². The van der Waals surface area contributed by atoms with E-state index in [2.05, 4.69) is 47.7 Å². The standard InChI is InChI=1S/C15H13Cl2I/c1-10-4-2-3-5-11(10)8-14(17)13-9-12(16)6-7-15(13)18/h2-7,9,14H,8H2,1H3. The Morgan fingerprint density at radius 2 is 1.89 bits per heavy atom. The lowest BCUT2D eigenvalue weighted by Gasteiger charge is -2.14. The van der Waals surface area contributed by atoms with Crippen molar-refractivity contribution in [2.24, 2.45) is 0 Å². The second-order valence-corrected chi connectivity index (χ2v) is 6.39. The first-order chi connectivity index (χ1) is 8.58. The Hall–Kier alpha value is -0.250. The molecule has 0 aliphatic heterocycles. The van der Waals surface area contributed by atoms with Crippen LogP contribution in [0.5, 0.6) is 0 Å². The van der Waals surface area contributed by atoms with E-state index in [-0.39, 0.29) is 5.38 Å². The summed E-state index contributed by atoms with van der Waals surface area (Å²) in [4.78, 5) is 0. The van der Waals surface area contributed by atoms with Crippen LogP contribution in [-0.2, 0) is 6.42 Å². The number of alkyl halides is 1. The van der Waals surface area contributed by atoms with Crippen LogP contribution in [0.4, 0.5) is 0 Å². The Labute approximate surface area is 131 Å². The molecule has 0 aromatic heterocycles. The molecule has 0 nitrogen and oxygen atoms in total. The predicted molar refractivity (Wildman–Crippen MR) is 87.6 cm³/mol. The number of rotatable bonds is 3. The van der Waals surface area contributed by atoms with E-state index >= 15 is 0 Å². The van der Waals surface area contributed by atoms with Gasteiger partial charge in [-0.2, -0.15) is 0 Å². The zero-order valence-corrected chi connectivity index (χ0v) is 13.6. The molecule has 0 fully saturated rings. The van der Waals surface area contributed by atoms with E-state index in [0.29, 0.717) is 0 Å². The molecular weight excluding hydrogens is 378 g/mol. The predicted octanol–water partition coefficient (Wildman–Crippen LogP) is 5.78. The van der Waals surface area contributed by atoms with Crippen LogP contribution in [0.15, 0.2) is 42.5 Å². The highest BCUT2D eigenvalue weighted by molar-refractivity contribution is 14.1. The summed E-state index contributed by atoms with van der Waals surface area (Å²) in [6.07, 6.45) is 0.824. The third-order valence-electron chi connectivity index (χ3n) is 2.96. The topological polar surface area (TPSA) is 0 Å². The van der Waals surface area contributed by atoms with Crippen molar-refractivity contribution in [3.05, 3.63) is 67.7 Å². The first kappa shape index (κ1) is 14.2. The Morgan fingerprint density at radius 1 is 1.17 bits per heavy atom. The molecule has 3 heteroatoms. The molecule has 0 aliphatic carbocycles. The molecule has 18 heavy (non-hydrogen) atoms. The summed E-state index contributed by atoms with van der Waals surface area (Å²) >= 11 is 14.9. The smallest absolute Gasteiger partial charge is 0.0636 e. The molecule has 0 heterocycles. The van der Waals surface area contributed by atoms with Gasteiger partial charge in [-0.25, -0.2) is 0 Å². The lowest BCUT2D eigenvalue weighted by molar-refractivity contribution is 0.905. The molecule has 1 unspecified atom stereocenters. The second-order valence-electron chi connectivity index (χ2n) is 4.26. The van der Waals surface area contributed by atoms with Crippen molar-refractivity contribution in [3.63, 3.8) is 0 Å². The van der Waals surface area contributed by atoms with Crippen LogP contribution < -0.4 is 0 Å². The van der Waals surface area contributed by atoms with E-state index in [1.54, 1.807) is 0 Å². The molecule has 0 spiro atoms. The molecular formula is C15H13Cl2I. The quantitative estimate of drug-likeness (QED) is 0.460. The van der Waals surface area contributed by atoms with Crippen LogP contribution >= 0.6 is 45.8 Å². The highest BCUT2D eigenvalue weighted by Gasteiger charge is 2.13. The van der Waals surface area contributed by atoms with Gasteiger partial charge in [-0.15, -0.1) is 11.6 Å². The van der Waals surface area contributed by atoms with Gasteiger partial charge in [-0.3, -0.25) is 0 Å². The molecule has 0 saturated heterocycles. The fourth-order valence-corrected chi connectivity index (χ4v) is 3.32. The molecule has 94 valence electrons. The molecule has 0 radical (unpaired) electrons. The monoisotopic (exact) mass is 390 g/mol. The molecule has 2 aromatic carbocycles. The summed E-state index contributed by atoms with van der Waals surface area (Å²) in [5.41, 5.74) is 3.67. The van der Waals surface area contributed by atoms with E-state index in [0.717, 1.165) is 20.6 Å². The van der Waals surface area contributed by atoms with Gasteiger partial charge in [0.05, 0.1) is 5.38 Å².